The van der Waals surface area contributed by atoms with Crippen LogP contribution in [0.2, 0.25) is 20.1 Å². The van der Waals surface area contributed by atoms with Gasteiger partial charge in [0.15, 0.2) is 0 Å². The number of aliphatic hydroxyl groups excluding tert-OH is 1. The van der Waals surface area contributed by atoms with E-state index in [-0.39, 0.29) is 88.4 Å². The molecule has 0 radical (unpaired) electrons. The second-order valence-electron chi connectivity index (χ2n) is 22.6. The number of aliphatic hydroxyl groups is 1. The normalized spacial score (nSPS) is 18.8. The van der Waals surface area contributed by atoms with Crippen LogP contribution in [-0.2, 0) is 68.0 Å². The Morgan fingerprint density at radius 2 is 1.01 bits per heavy atom. The van der Waals surface area contributed by atoms with Crippen LogP contribution < -0.4 is 5.32 Å². The highest BCUT2D eigenvalue weighted by Gasteiger charge is 2.50. The topological polar surface area (TPSA) is 143 Å². The number of hydrogen-bond donors (Lipinski definition) is 2. The molecule has 4 aliphatic rings. The zero-order valence-corrected chi connectivity index (χ0v) is 59.1. The lowest BCUT2D eigenvalue weighted by Crippen LogP contribution is -2.56. The van der Waals surface area contributed by atoms with Crippen molar-refractivity contribution in [2.75, 3.05) is 87.2 Å². The van der Waals surface area contributed by atoms with Gasteiger partial charge in [-0.15, -0.1) is 0 Å². The fourth-order valence-electron chi connectivity index (χ4n) is 12.0. The van der Waals surface area contributed by atoms with Crippen LogP contribution in [0.1, 0.15) is 126 Å². The molecule has 23 heteroatoms. The van der Waals surface area contributed by atoms with Crippen molar-refractivity contribution < 1.29 is 32.6 Å². The highest BCUT2D eigenvalue weighted by atomic mass is 35.5. The van der Waals surface area contributed by atoms with Crippen LogP contribution in [0.4, 0.5) is 4.79 Å². The lowest BCUT2D eigenvalue weighted by Gasteiger charge is -2.46. The van der Waals surface area contributed by atoms with E-state index in [1.54, 1.807) is 47.9 Å². The first-order valence-electron chi connectivity index (χ1n) is 27.9. The summed E-state index contributed by atoms with van der Waals surface area (Å²) in [7, 11) is 5.48. The van der Waals surface area contributed by atoms with Crippen molar-refractivity contribution in [2.45, 2.75) is 131 Å². The van der Waals surface area contributed by atoms with Gasteiger partial charge in [-0.3, -0.25) is 22.9 Å². The van der Waals surface area contributed by atoms with Crippen molar-refractivity contribution in [3.05, 3.63) is 138 Å². The number of likely N-dealkylation sites (tertiary alicyclic amines) is 2. The van der Waals surface area contributed by atoms with Gasteiger partial charge in [0.25, 0.3) is 0 Å². The van der Waals surface area contributed by atoms with Crippen molar-refractivity contribution in [3.8, 4) is 0 Å². The number of amides is 3. The van der Waals surface area contributed by atoms with E-state index in [0.29, 0.717) is 63.9 Å². The third kappa shape index (κ3) is 18.0. The van der Waals surface area contributed by atoms with Crippen molar-refractivity contribution in [2.24, 2.45) is 0 Å². The quantitative estimate of drug-likeness (QED) is 0.111. The fraction of sp³-hybridized carbons (Fsp3) is 0.557. The number of benzene rings is 4. The molecule has 4 aliphatic heterocycles. The molecule has 2 unspecified atom stereocenters. The van der Waals surface area contributed by atoms with Gasteiger partial charge in [-0.05, 0) is 157 Å². The summed E-state index contributed by atoms with van der Waals surface area (Å²) in [6.45, 7) is 16.8. The first-order valence-corrected chi connectivity index (χ1v) is 32.1. The summed E-state index contributed by atoms with van der Waals surface area (Å²) >= 11 is 25.4. The molecule has 4 aromatic rings. The third-order valence-corrected chi connectivity index (χ3v) is 22.3. The number of rotatable bonds is 16. The molecular formula is C61H92Cl4N6O7S6. The Morgan fingerprint density at radius 1 is 0.619 bits per heavy atom. The summed E-state index contributed by atoms with van der Waals surface area (Å²) in [6, 6.07) is 27.9. The summed E-state index contributed by atoms with van der Waals surface area (Å²) in [5.41, 5.74) is 4.65. The molecule has 2 spiro atoms. The molecule has 13 nitrogen and oxygen atoms in total. The van der Waals surface area contributed by atoms with Gasteiger partial charge in [-0.2, -0.15) is 54.0 Å². The van der Waals surface area contributed by atoms with E-state index in [2.05, 4.69) is 45.4 Å². The number of piperidine rings is 2. The summed E-state index contributed by atoms with van der Waals surface area (Å²) in [5, 5.41) is 12.9. The Labute approximate surface area is 554 Å². The molecular weight excluding hydrogens is 1260 g/mol. The molecule has 3 amide bonds. The average molecular weight is 1360 g/mol. The second-order valence-corrected chi connectivity index (χ2v) is 27.8. The minimum absolute atomic E-state index is 0. The Bertz CT molecular complexity index is 2860. The monoisotopic (exact) mass is 1350 g/mol. The molecule has 2 saturated heterocycles. The maximum Gasteiger partial charge on any atom is 0.410 e. The van der Waals surface area contributed by atoms with Crippen LogP contribution in [0.3, 0.4) is 0 Å². The molecule has 4 heterocycles. The minimum atomic E-state index is -0.950. The number of likely N-dealkylation sites (N-methyl/N-ethyl adjacent to an activating group) is 4. The molecule has 4 atom stereocenters. The van der Waals surface area contributed by atoms with E-state index >= 15 is 0 Å². The second kappa shape index (κ2) is 34.1. The van der Waals surface area contributed by atoms with Crippen LogP contribution in [0.5, 0.6) is 0 Å². The number of nitrogens with one attached hydrogen (secondary N) is 1. The lowest BCUT2D eigenvalue weighted by molar-refractivity contribution is -0.132. The van der Waals surface area contributed by atoms with Crippen LogP contribution in [-0.4, -0.2) is 149 Å². The van der Waals surface area contributed by atoms with Gasteiger partial charge in [-0.25, -0.2) is 4.79 Å². The van der Waals surface area contributed by atoms with Gasteiger partial charge in [0.05, 0.1) is 40.7 Å². The van der Waals surface area contributed by atoms with E-state index in [9.17, 15) is 22.8 Å². The number of hydrogen-bond acceptors (Lipinski definition) is 10. The summed E-state index contributed by atoms with van der Waals surface area (Å²) in [6.07, 6.45) is 5.08. The number of nitrogens with zero attached hydrogens (tertiary/aromatic N) is 5. The van der Waals surface area contributed by atoms with Gasteiger partial charge >= 0.3 is 6.09 Å². The Morgan fingerprint density at radius 3 is 1.42 bits per heavy atom. The average Bonchev–Trinajstić information content (AvgIpc) is 2.70. The predicted molar refractivity (Wildman–Crippen MR) is 370 cm³/mol. The summed E-state index contributed by atoms with van der Waals surface area (Å²) < 4.78 is 31.8. The van der Waals surface area contributed by atoms with Crippen LogP contribution in [0.15, 0.2) is 84.9 Å². The van der Waals surface area contributed by atoms with Gasteiger partial charge in [0, 0.05) is 99.9 Å². The molecule has 472 valence electrons. The summed E-state index contributed by atoms with van der Waals surface area (Å²) in [5.74, 6) is 1.37. The SMILES string of the molecule is CCC(=O)N(C)C[C@@](CCN1CCC2(CC1)c1ccccc1CS2=O)(NC)c1ccc(Cl)c(Cl)c1.CCC(=O)N(C)C[C@](CCN1CCC2(CC1)c1ccccc1CS2=O)(c1ccc(Cl)c(Cl)c1)N(C)C(=O)OC(C)(C)C.CCO.S.S.S.S. The van der Waals surface area contributed by atoms with E-state index in [1.807, 2.05) is 91.2 Å². The smallest absolute Gasteiger partial charge is 0.410 e. The lowest BCUT2D eigenvalue weighted by atomic mass is 9.83. The van der Waals surface area contributed by atoms with E-state index in [0.717, 1.165) is 76.0 Å². The van der Waals surface area contributed by atoms with E-state index in [1.165, 1.54) is 22.3 Å². The molecule has 0 saturated carbocycles. The number of carbonyl (C=O) groups excluding carboxylic acids is 3. The molecule has 8 rings (SSSR count). The maximum absolute atomic E-state index is 13.6. The largest absolute Gasteiger partial charge is 0.444 e. The standard InChI is InChI=1S/C32H43Cl2N3O4S.C27H35Cl2N3O2S.C2H6O.4H2S/c1-7-28(38)35(5)22-31(24-12-13-26(33)27(34)20-24,36(6)29(39)41-30(2,3)4)14-17-37-18-15-32(16-19-37)25-11-9-8-10-23(25)21-42(32)40;1-4-25(33)31(3)19-26(30-2,21-9-10-23(28)24(29)17-21)11-14-32-15-12-27(13-16-32)22-8-6-5-7-20(22)18-35(27)34;1-2-3;;;;/h8-13,20H,7,14-19,21-22H2,1-6H3;5-10,17,30H,4,11-16,18-19H2,1-3H3;3H,2H2,1H3;4*1H2/t31-,42?;26-,35?;;;;;/m11...../s1. The van der Waals surface area contributed by atoms with Crippen molar-refractivity contribution in [1.29, 1.82) is 0 Å². The summed E-state index contributed by atoms with van der Waals surface area (Å²) in [4.78, 5) is 48.8. The number of halogens is 4. The molecule has 2 fully saturated rings. The Hall–Kier alpha value is -2.21. The third-order valence-electron chi connectivity index (χ3n) is 16.7. The van der Waals surface area contributed by atoms with Crippen molar-refractivity contribution in [1.82, 2.24) is 29.8 Å². The van der Waals surface area contributed by atoms with Gasteiger partial charge in [0.2, 0.25) is 11.8 Å². The Balaban J connectivity index is 0.000000530. The zero-order chi connectivity index (χ0) is 58.8. The Kier molecular flexibility index (Phi) is 31.6. The van der Waals surface area contributed by atoms with Crippen LogP contribution in [0, 0.1) is 0 Å². The van der Waals surface area contributed by atoms with Crippen molar-refractivity contribution in [3.63, 3.8) is 0 Å². The van der Waals surface area contributed by atoms with E-state index < -0.39 is 44.4 Å². The molecule has 0 aromatic heterocycles. The van der Waals surface area contributed by atoms with Gasteiger partial charge in [-0.1, -0.05) is 121 Å². The zero-order valence-electron chi connectivity index (χ0n) is 50.5. The number of fused-ring (bicyclic) bond motifs is 4. The molecule has 0 aliphatic carbocycles. The van der Waals surface area contributed by atoms with Gasteiger partial charge < -0.3 is 34.8 Å². The highest BCUT2D eigenvalue weighted by Crippen LogP contribution is 2.49. The van der Waals surface area contributed by atoms with E-state index in [4.69, 9.17) is 56.2 Å². The fourth-order valence-corrected chi connectivity index (χ4v) is 16.4. The number of ether oxygens (including phenoxy) is 1. The molecule has 84 heavy (non-hydrogen) atoms. The molecule has 4 aromatic carbocycles. The van der Waals surface area contributed by atoms with Crippen molar-refractivity contribution >= 4 is 140 Å². The van der Waals surface area contributed by atoms with Crippen LogP contribution in [0.25, 0.3) is 0 Å². The van der Waals surface area contributed by atoms with Gasteiger partial charge in [0.1, 0.15) is 5.60 Å². The molecule has 0 bridgehead atoms. The maximum atomic E-state index is 13.6. The predicted octanol–water partition coefficient (Wildman–Crippen LogP) is 11.9. The molecule has 2 N–H and O–H groups in total. The first kappa shape index (κ1) is 77.9. The highest BCUT2D eigenvalue weighted by molar-refractivity contribution is 7.85. The first-order chi connectivity index (χ1) is 37.9. The minimum Gasteiger partial charge on any atom is -0.444 e. The van der Waals surface area contributed by atoms with Crippen LogP contribution >= 0.6 is 100 Å². The number of carbonyl (C=O) groups is 3.